The second-order valence-corrected chi connectivity index (χ2v) is 18.2. The van der Waals surface area contributed by atoms with Gasteiger partial charge in [0.25, 0.3) is 0 Å². The number of hydrogen-bond donors (Lipinski definition) is 15. The molecule has 27 nitrogen and oxygen atoms in total. The first kappa shape index (κ1) is 60.1. The normalized spacial score (nSPS) is 16.5. The van der Waals surface area contributed by atoms with Gasteiger partial charge in [-0.25, -0.2) is 9.78 Å². The van der Waals surface area contributed by atoms with Gasteiger partial charge in [-0.2, -0.15) is 0 Å². The van der Waals surface area contributed by atoms with E-state index in [9.17, 15) is 68.4 Å². The Balaban J connectivity index is 1.73. The summed E-state index contributed by atoms with van der Waals surface area (Å²) in [5.41, 5.74) is 17.5. The van der Waals surface area contributed by atoms with Crippen LogP contribution < -0.4 is 54.4 Å². The standard InChI is InChI=1S/C46H71N13O14/c1-24(2)17-33(45(71)59-16-6-8-35(59)43(69)54-29(13-14-36(48)63)40(66)55-30(46(72)73)7-4-5-15-47)58-42(68)34(22-60)53-37(64)21-51-39(65)31(18-26-9-11-28(62)12-10-26)56-41(67)32(19-27-20-50-23-52-27)57-44(70)38(49)25(3)61/h9-12,20,23-25,29-35,38,60-62H,4-8,13-19,21-22,47,49H2,1-3H3,(H2,48,63)(H,50,52)(H,51,65)(H,53,64)(H,54,69)(H,55,66)(H,56,67)(H,57,70)(H,58,68)(H,72,73)/t25-,29+,30+,31+,32+,33+,34+,35+,38+/m1/s1. The lowest BCUT2D eigenvalue weighted by atomic mass is 10.0. The van der Waals surface area contributed by atoms with Crippen LogP contribution in [0, 0.1) is 5.92 Å². The Hall–Kier alpha value is -7.23. The smallest absolute Gasteiger partial charge is 0.326 e. The predicted octanol–water partition coefficient (Wildman–Crippen LogP) is -4.86. The second kappa shape index (κ2) is 30.0. The van der Waals surface area contributed by atoms with Crippen LogP contribution in [0.1, 0.15) is 83.4 Å². The molecule has 2 aromatic rings. The number of nitrogens with zero attached hydrogens (tertiary/aromatic N) is 2. The van der Waals surface area contributed by atoms with Crippen molar-refractivity contribution in [1.29, 1.82) is 0 Å². The van der Waals surface area contributed by atoms with Gasteiger partial charge in [0.2, 0.25) is 53.2 Å². The molecule has 1 aliphatic heterocycles. The van der Waals surface area contributed by atoms with Crippen molar-refractivity contribution >= 4 is 59.1 Å². The number of aliphatic carboxylic acids is 1. The van der Waals surface area contributed by atoms with Crippen molar-refractivity contribution in [3.05, 3.63) is 48.0 Å². The number of likely N-dealkylation sites (tertiary alicyclic amines) is 1. The third-order valence-electron chi connectivity index (χ3n) is 11.7. The van der Waals surface area contributed by atoms with Crippen molar-refractivity contribution in [2.45, 2.75) is 139 Å². The summed E-state index contributed by atoms with van der Waals surface area (Å²) in [7, 11) is 0. The predicted molar refractivity (Wildman–Crippen MR) is 259 cm³/mol. The third kappa shape index (κ3) is 20.1. The van der Waals surface area contributed by atoms with Crippen molar-refractivity contribution in [3.63, 3.8) is 0 Å². The second-order valence-electron chi connectivity index (χ2n) is 18.2. The highest BCUT2D eigenvalue weighted by atomic mass is 16.4. The average Bonchev–Trinajstić information content (AvgIpc) is 4.06. The Bertz CT molecular complexity index is 2190. The van der Waals surface area contributed by atoms with E-state index in [1.807, 2.05) is 0 Å². The molecule has 0 spiro atoms. The van der Waals surface area contributed by atoms with E-state index in [-0.39, 0.29) is 63.2 Å². The van der Waals surface area contributed by atoms with Gasteiger partial charge in [0.1, 0.15) is 54.1 Å². The van der Waals surface area contributed by atoms with Crippen molar-refractivity contribution in [1.82, 2.24) is 52.1 Å². The number of carboxylic acids is 1. The van der Waals surface area contributed by atoms with Gasteiger partial charge in [-0.05, 0) is 82.0 Å². The number of aromatic hydroxyl groups is 1. The molecule has 9 amide bonds. The number of carbonyl (C=O) groups excluding carboxylic acids is 9. The van der Waals surface area contributed by atoms with Crippen LogP contribution in [0.3, 0.4) is 0 Å². The zero-order valence-corrected chi connectivity index (χ0v) is 41.1. The molecule has 27 heteroatoms. The Kier molecular flexibility index (Phi) is 24.7. The number of phenolic OH excluding ortho intramolecular Hbond substituents is 1. The lowest BCUT2D eigenvalue weighted by Gasteiger charge is -2.31. The lowest BCUT2D eigenvalue weighted by molar-refractivity contribution is -0.144. The number of hydrogen-bond acceptors (Lipinski definition) is 16. The number of rotatable bonds is 31. The minimum absolute atomic E-state index is 0.0376. The molecule has 9 atom stereocenters. The topological polar surface area (TPSA) is 446 Å². The Labute approximate surface area is 421 Å². The molecule has 1 aliphatic rings. The van der Waals surface area contributed by atoms with Gasteiger partial charge in [-0.15, -0.1) is 0 Å². The van der Waals surface area contributed by atoms with Crippen LogP contribution in [0.15, 0.2) is 36.8 Å². The number of amides is 9. The highest BCUT2D eigenvalue weighted by molar-refractivity contribution is 5.98. The van der Waals surface area contributed by atoms with Gasteiger partial charge in [0.15, 0.2) is 0 Å². The highest BCUT2D eigenvalue weighted by Gasteiger charge is 2.40. The van der Waals surface area contributed by atoms with E-state index in [2.05, 4.69) is 47.2 Å². The molecule has 0 radical (unpaired) electrons. The fourth-order valence-electron chi connectivity index (χ4n) is 7.71. The molecule has 18 N–H and O–H groups in total. The molecule has 0 unspecified atom stereocenters. The molecule has 1 fully saturated rings. The lowest BCUT2D eigenvalue weighted by Crippen LogP contribution is -2.60. The number of phenols is 1. The van der Waals surface area contributed by atoms with E-state index in [4.69, 9.17) is 17.2 Å². The number of nitrogens with one attached hydrogen (secondary N) is 8. The van der Waals surface area contributed by atoms with Crippen LogP contribution in [0.2, 0.25) is 0 Å². The van der Waals surface area contributed by atoms with Crippen molar-refractivity contribution in [2.24, 2.45) is 23.1 Å². The first-order chi connectivity index (χ1) is 34.5. The molecular formula is C46H71N13O14. The van der Waals surface area contributed by atoms with Crippen molar-refractivity contribution in [2.75, 3.05) is 26.2 Å². The third-order valence-corrected chi connectivity index (χ3v) is 11.7. The molecule has 2 heterocycles. The molecule has 73 heavy (non-hydrogen) atoms. The number of imidazole rings is 1. The average molecular weight is 1030 g/mol. The minimum atomic E-state index is -1.66. The van der Waals surface area contributed by atoms with E-state index in [1.165, 1.54) is 48.6 Å². The number of aliphatic hydroxyl groups is 2. The molecule has 3 rings (SSSR count). The van der Waals surface area contributed by atoms with Crippen LogP contribution in [-0.2, 0) is 60.8 Å². The fraction of sp³-hybridized carbons (Fsp3) is 0.587. The maximum atomic E-state index is 14.2. The van der Waals surface area contributed by atoms with Crippen LogP contribution in [-0.4, -0.2) is 175 Å². The summed E-state index contributed by atoms with van der Waals surface area (Å²) < 4.78 is 0. The largest absolute Gasteiger partial charge is 0.508 e. The summed E-state index contributed by atoms with van der Waals surface area (Å²) in [5.74, 6) is -9.38. The zero-order chi connectivity index (χ0) is 54.4. The molecule has 0 bridgehead atoms. The van der Waals surface area contributed by atoms with Gasteiger partial charge in [0, 0.05) is 37.7 Å². The first-order valence-electron chi connectivity index (χ1n) is 23.9. The molecule has 1 saturated heterocycles. The number of carboxylic acid groups (broad SMARTS) is 1. The molecule has 404 valence electrons. The summed E-state index contributed by atoms with van der Waals surface area (Å²) in [6.07, 6.45) is 1.99. The number of aliphatic hydroxyl groups excluding tert-OH is 2. The van der Waals surface area contributed by atoms with Crippen molar-refractivity contribution in [3.8, 4) is 5.75 Å². The summed E-state index contributed by atoms with van der Waals surface area (Å²) in [6.45, 7) is 3.42. The van der Waals surface area contributed by atoms with Crippen LogP contribution in [0.4, 0.5) is 0 Å². The van der Waals surface area contributed by atoms with Crippen LogP contribution in [0.5, 0.6) is 5.75 Å². The van der Waals surface area contributed by atoms with Crippen molar-refractivity contribution < 1.29 is 68.4 Å². The van der Waals surface area contributed by atoms with E-state index < -0.39 is 127 Å². The number of primary amides is 1. The van der Waals surface area contributed by atoms with Crippen LogP contribution in [0.25, 0.3) is 0 Å². The number of aromatic nitrogens is 2. The number of nitrogens with two attached hydrogens (primary N) is 3. The number of aromatic amines is 1. The zero-order valence-electron chi connectivity index (χ0n) is 41.1. The van der Waals surface area contributed by atoms with E-state index in [1.54, 1.807) is 13.8 Å². The number of carbonyl (C=O) groups is 10. The molecular weight excluding hydrogens is 959 g/mol. The summed E-state index contributed by atoms with van der Waals surface area (Å²) in [6, 6.07) is -5.33. The van der Waals surface area contributed by atoms with Crippen LogP contribution >= 0.6 is 0 Å². The molecule has 0 saturated carbocycles. The maximum absolute atomic E-state index is 14.2. The van der Waals surface area contributed by atoms with E-state index in [0.29, 0.717) is 37.1 Å². The fourth-order valence-corrected chi connectivity index (χ4v) is 7.71. The SMILES string of the molecule is CC(C)C[C@H](NC(=O)[C@H](CO)NC(=O)CNC(=O)[C@H](Cc1ccc(O)cc1)NC(=O)[C@H](Cc1cnc[nH]1)NC(=O)[C@@H](N)[C@@H](C)O)C(=O)N1CCC[C@H]1C(=O)N[C@@H](CCC(N)=O)C(=O)N[C@@H](CCCCN)C(=O)O. The Morgan fingerprint density at radius 1 is 0.781 bits per heavy atom. The van der Waals surface area contributed by atoms with E-state index in [0.717, 1.165) is 0 Å². The Morgan fingerprint density at radius 3 is 1.99 bits per heavy atom. The summed E-state index contributed by atoms with van der Waals surface area (Å²) in [5, 5.41) is 56.8. The van der Waals surface area contributed by atoms with E-state index >= 15 is 0 Å². The Morgan fingerprint density at radius 2 is 1.40 bits per heavy atom. The molecule has 1 aromatic carbocycles. The molecule has 1 aromatic heterocycles. The quantitative estimate of drug-likeness (QED) is 0.0315. The van der Waals surface area contributed by atoms with Gasteiger partial charge in [-0.1, -0.05) is 26.0 Å². The summed E-state index contributed by atoms with van der Waals surface area (Å²) >= 11 is 0. The van der Waals surface area contributed by atoms with Gasteiger partial charge < -0.3 is 84.7 Å². The summed E-state index contributed by atoms with van der Waals surface area (Å²) in [4.78, 5) is 140. The highest BCUT2D eigenvalue weighted by Crippen LogP contribution is 2.21. The number of benzene rings is 1. The minimum Gasteiger partial charge on any atom is -0.508 e. The van der Waals surface area contributed by atoms with Gasteiger partial charge in [0.05, 0.1) is 25.6 Å². The van der Waals surface area contributed by atoms with Gasteiger partial charge in [-0.3, -0.25) is 43.2 Å². The monoisotopic (exact) mass is 1030 g/mol. The maximum Gasteiger partial charge on any atom is 0.326 e. The molecule has 0 aliphatic carbocycles. The first-order valence-corrected chi connectivity index (χ1v) is 23.9. The van der Waals surface area contributed by atoms with Gasteiger partial charge >= 0.3 is 5.97 Å². The number of H-pyrrole nitrogens is 1. The number of unbranched alkanes of at least 4 members (excludes halogenated alkanes) is 1.